The van der Waals surface area contributed by atoms with Gasteiger partial charge in [0.1, 0.15) is 0 Å². The maximum atomic E-state index is 10.7. The average molecular weight is 223 g/mol. The van der Waals surface area contributed by atoms with Gasteiger partial charge in [-0.2, -0.15) is 0 Å². The van der Waals surface area contributed by atoms with Crippen LogP contribution in [0.4, 0.5) is 0 Å². The Morgan fingerprint density at radius 2 is 2.31 bits per heavy atom. The van der Waals surface area contributed by atoms with Crippen molar-refractivity contribution in [2.45, 2.75) is 19.9 Å². The van der Waals surface area contributed by atoms with Gasteiger partial charge in [0.15, 0.2) is 0 Å². The highest BCUT2D eigenvalue weighted by Crippen LogP contribution is 2.04. The summed E-state index contributed by atoms with van der Waals surface area (Å²) in [5.41, 5.74) is 0.895. The molecular weight excluding hydrogens is 212 g/mol. The lowest BCUT2D eigenvalue weighted by atomic mass is 10.3. The molecule has 1 rings (SSSR count). The molecule has 4 nitrogen and oxygen atoms in total. The van der Waals surface area contributed by atoms with Crippen molar-refractivity contribution in [3.05, 3.63) is 18.2 Å². The largest absolute Gasteiger partial charge is 0.335 e. The highest BCUT2D eigenvalue weighted by molar-refractivity contribution is 8.13. The third kappa shape index (κ3) is 3.36. The standard InChI is InChI=1S/C7H11ClN2O2S/c1-2-10-6-9-5-7(10)3-4-13(8,11)12/h5-6H,2-4H2,1H3. The smallest absolute Gasteiger partial charge is 0.232 e. The molecule has 0 aliphatic heterocycles. The van der Waals surface area contributed by atoms with E-state index in [-0.39, 0.29) is 5.75 Å². The number of hydrogen-bond donors (Lipinski definition) is 0. The molecule has 74 valence electrons. The van der Waals surface area contributed by atoms with Crippen LogP contribution in [0, 0.1) is 0 Å². The summed E-state index contributed by atoms with van der Waals surface area (Å²) < 4.78 is 23.2. The Morgan fingerprint density at radius 3 is 2.85 bits per heavy atom. The first-order valence-corrected chi connectivity index (χ1v) is 6.42. The molecule has 0 N–H and O–H groups in total. The van der Waals surface area contributed by atoms with E-state index in [9.17, 15) is 8.42 Å². The first-order chi connectivity index (χ1) is 6.03. The van der Waals surface area contributed by atoms with Crippen molar-refractivity contribution in [2.75, 3.05) is 5.75 Å². The van der Waals surface area contributed by atoms with Crippen molar-refractivity contribution in [1.82, 2.24) is 9.55 Å². The predicted molar refractivity (Wildman–Crippen MR) is 51.2 cm³/mol. The molecule has 13 heavy (non-hydrogen) atoms. The molecule has 1 heterocycles. The van der Waals surface area contributed by atoms with Crippen LogP contribution in [0.25, 0.3) is 0 Å². The van der Waals surface area contributed by atoms with Crippen molar-refractivity contribution in [2.24, 2.45) is 0 Å². The van der Waals surface area contributed by atoms with Crippen LogP contribution in [0.15, 0.2) is 12.5 Å². The van der Waals surface area contributed by atoms with E-state index in [0.29, 0.717) is 6.42 Å². The predicted octanol–water partition coefficient (Wildman–Crippen LogP) is 1.01. The molecule has 0 aromatic carbocycles. The van der Waals surface area contributed by atoms with Gasteiger partial charge in [-0.3, -0.25) is 0 Å². The Morgan fingerprint density at radius 1 is 1.62 bits per heavy atom. The van der Waals surface area contributed by atoms with Crippen LogP contribution < -0.4 is 0 Å². The fraction of sp³-hybridized carbons (Fsp3) is 0.571. The second-order valence-electron chi connectivity index (χ2n) is 2.66. The fourth-order valence-corrected chi connectivity index (χ4v) is 1.75. The molecular formula is C7H11ClN2O2S. The van der Waals surface area contributed by atoms with Crippen LogP contribution in [0.2, 0.25) is 0 Å². The second-order valence-corrected chi connectivity index (χ2v) is 5.56. The minimum atomic E-state index is -3.39. The normalized spacial score (nSPS) is 11.8. The Bertz CT molecular complexity index is 372. The molecule has 0 amide bonds. The van der Waals surface area contributed by atoms with E-state index in [0.717, 1.165) is 12.2 Å². The number of hydrogen-bond acceptors (Lipinski definition) is 3. The molecule has 0 atom stereocenters. The second kappa shape index (κ2) is 4.11. The molecule has 0 radical (unpaired) electrons. The first-order valence-electron chi connectivity index (χ1n) is 3.94. The molecule has 1 aromatic rings. The Hall–Kier alpha value is -0.550. The molecule has 1 aromatic heterocycles. The zero-order valence-corrected chi connectivity index (χ0v) is 8.85. The van der Waals surface area contributed by atoms with Crippen LogP contribution in [0.5, 0.6) is 0 Å². The minimum absolute atomic E-state index is 0.0414. The SMILES string of the molecule is CCn1cncc1CCS(=O)(=O)Cl. The Kier molecular flexibility index (Phi) is 3.33. The summed E-state index contributed by atoms with van der Waals surface area (Å²) in [6, 6.07) is 0. The minimum Gasteiger partial charge on any atom is -0.335 e. The van der Waals surface area contributed by atoms with Gasteiger partial charge in [-0.15, -0.1) is 0 Å². The zero-order valence-electron chi connectivity index (χ0n) is 7.27. The quantitative estimate of drug-likeness (QED) is 0.715. The lowest BCUT2D eigenvalue weighted by molar-refractivity contribution is 0.607. The summed E-state index contributed by atoms with van der Waals surface area (Å²) in [4.78, 5) is 3.92. The molecule has 0 saturated carbocycles. The number of nitrogens with zero attached hydrogens (tertiary/aromatic N) is 2. The molecule has 0 aliphatic rings. The number of rotatable bonds is 4. The van der Waals surface area contributed by atoms with Crippen molar-refractivity contribution in [1.29, 1.82) is 0 Å². The van der Waals surface area contributed by atoms with E-state index in [1.165, 1.54) is 0 Å². The molecule has 0 bridgehead atoms. The molecule has 0 aliphatic carbocycles. The van der Waals surface area contributed by atoms with Crippen molar-refractivity contribution in [3.63, 3.8) is 0 Å². The van der Waals surface area contributed by atoms with Gasteiger partial charge in [0.2, 0.25) is 9.05 Å². The highest BCUT2D eigenvalue weighted by Gasteiger charge is 2.07. The number of aromatic nitrogens is 2. The zero-order chi connectivity index (χ0) is 9.90. The number of halogens is 1. The Balaban J connectivity index is 2.64. The van der Waals surface area contributed by atoms with Crippen LogP contribution in [0.3, 0.4) is 0 Å². The van der Waals surface area contributed by atoms with Gasteiger partial charge >= 0.3 is 0 Å². The van der Waals surface area contributed by atoms with Crippen molar-refractivity contribution in [3.8, 4) is 0 Å². The summed E-state index contributed by atoms with van der Waals surface area (Å²) in [5, 5.41) is 0. The summed E-state index contributed by atoms with van der Waals surface area (Å²) in [6.45, 7) is 2.76. The van der Waals surface area contributed by atoms with Crippen molar-refractivity contribution >= 4 is 19.7 Å². The van der Waals surface area contributed by atoms with Crippen molar-refractivity contribution < 1.29 is 8.42 Å². The van der Waals surface area contributed by atoms with E-state index < -0.39 is 9.05 Å². The molecule has 0 saturated heterocycles. The van der Waals surface area contributed by atoms with E-state index >= 15 is 0 Å². The van der Waals surface area contributed by atoms with Gasteiger partial charge in [0, 0.05) is 35.5 Å². The van der Waals surface area contributed by atoms with Crippen LogP contribution in [-0.2, 0) is 22.0 Å². The van der Waals surface area contributed by atoms with Crippen LogP contribution in [-0.4, -0.2) is 23.7 Å². The lowest BCUT2D eigenvalue weighted by Gasteiger charge is -2.02. The number of aryl methyl sites for hydroxylation is 2. The van der Waals surface area contributed by atoms with Gasteiger partial charge in [-0.25, -0.2) is 13.4 Å². The highest BCUT2D eigenvalue weighted by atomic mass is 35.7. The summed E-state index contributed by atoms with van der Waals surface area (Å²) in [7, 11) is 1.69. The van der Waals surface area contributed by atoms with Crippen LogP contribution in [0.1, 0.15) is 12.6 Å². The van der Waals surface area contributed by atoms with E-state index in [1.54, 1.807) is 12.5 Å². The number of imidazole rings is 1. The van der Waals surface area contributed by atoms with E-state index in [4.69, 9.17) is 10.7 Å². The monoisotopic (exact) mass is 222 g/mol. The summed E-state index contributed by atoms with van der Waals surface area (Å²) >= 11 is 0. The molecule has 0 fully saturated rings. The maximum Gasteiger partial charge on any atom is 0.232 e. The van der Waals surface area contributed by atoms with Gasteiger partial charge in [-0.1, -0.05) is 0 Å². The average Bonchev–Trinajstić information content (AvgIpc) is 2.46. The van der Waals surface area contributed by atoms with Gasteiger partial charge < -0.3 is 4.57 Å². The third-order valence-corrected chi connectivity index (χ3v) is 2.90. The molecule has 0 unspecified atom stereocenters. The third-order valence-electron chi connectivity index (χ3n) is 1.74. The van der Waals surface area contributed by atoms with Gasteiger partial charge in [0.25, 0.3) is 0 Å². The fourth-order valence-electron chi connectivity index (χ4n) is 1.07. The molecule has 6 heteroatoms. The first kappa shape index (κ1) is 10.5. The van der Waals surface area contributed by atoms with E-state index in [1.807, 2.05) is 11.5 Å². The topological polar surface area (TPSA) is 52.0 Å². The molecule has 0 spiro atoms. The summed E-state index contributed by atoms with van der Waals surface area (Å²) in [6.07, 6.45) is 3.75. The van der Waals surface area contributed by atoms with Gasteiger partial charge in [-0.05, 0) is 6.92 Å². The van der Waals surface area contributed by atoms with E-state index in [2.05, 4.69) is 4.98 Å². The maximum absolute atomic E-state index is 10.7. The lowest BCUT2D eigenvalue weighted by Crippen LogP contribution is -2.06. The van der Waals surface area contributed by atoms with Gasteiger partial charge in [0.05, 0.1) is 12.1 Å². The van der Waals surface area contributed by atoms with Crippen LogP contribution >= 0.6 is 10.7 Å². The summed E-state index contributed by atoms with van der Waals surface area (Å²) in [5.74, 6) is -0.0414. The Labute approximate surface area is 82.0 Å².